The molecule has 94 valence electrons. The summed E-state index contributed by atoms with van der Waals surface area (Å²) in [7, 11) is 1.64. The van der Waals surface area contributed by atoms with Crippen LogP contribution in [0.2, 0.25) is 0 Å². The van der Waals surface area contributed by atoms with Gasteiger partial charge in [-0.15, -0.1) is 0 Å². The van der Waals surface area contributed by atoms with Crippen LogP contribution in [0.3, 0.4) is 0 Å². The van der Waals surface area contributed by atoms with Crippen LogP contribution in [-0.4, -0.2) is 13.2 Å². The van der Waals surface area contributed by atoms with E-state index in [4.69, 9.17) is 15.2 Å². The third-order valence-electron chi connectivity index (χ3n) is 3.40. The van der Waals surface area contributed by atoms with Crippen molar-refractivity contribution in [2.45, 2.75) is 38.7 Å². The largest absolute Gasteiger partial charge is 0.497 e. The molecule has 2 atom stereocenters. The first kappa shape index (κ1) is 12.1. The molecule has 1 fully saturated rings. The minimum atomic E-state index is 0.314. The third kappa shape index (κ3) is 3.05. The fraction of sp³-hybridized carbons (Fsp3) is 0.571. The number of anilines is 1. The Bertz CT molecular complexity index is 378. The van der Waals surface area contributed by atoms with Gasteiger partial charge in [-0.2, -0.15) is 0 Å². The lowest BCUT2D eigenvalue weighted by Crippen LogP contribution is -2.24. The van der Waals surface area contributed by atoms with Crippen molar-refractivity contribution in [2.75, 3.05) is 12.8 Å². The molecule has 0 radical (unpaired) electrons. The lowest BCUT2D eigenvalue weighted by molar-refractivity contribution is 0.130. The first-order valence-electron chi connectivity index (χ1n) is 6.29. The minimum absolute atomic E-state index is 0.314. The average Bonchev–Trinajstić information content (AvgIpc) is 2.32. The van der Waals surface area contributed by atoms with Gasteiger partial charge in [0, 0.05) is 6.07 Å². The zero-order valence-corrected chi connectivity index (χ0v) is 10.6. The normalized spacial score (nSPS) is 24.4. The quantitative estimate of drug-likeness (QED) is 0.818. The smallest absolute Gasteiger partial charge is 0.142 e. The van der Waals surface area contributed by atoms with Gasteiger partial charge in [0.05, 0.1) is 18.9 Å². The fourth-order valence-corrected chi connectivity index (χ4v) is 2.43. The molecule has 1 aromatic rings. The Kier molecular flexibility index (Phi) is 3.77. The number of rotatable bonds is 3. The van der Waals surface area contributed by atoms with Gasteiger partial charge in [-0.05, 0) is 37.3 Å². The zero-order chi connectivity index (χ0) is 12.3. The molecule has 17 heavy (non-hydrogen) atoms. The summed E-state index contributed by atoms with van der Waals surface area (Å²) in [5.74, 6) is 2.31. The fourth-order valence-electron chi connectivity index (χ4n) is 2.43. The van der Waals surface area contributed by atoms with Crippen LogP contribution < -0.4 is 15.2 Å². The van der Waals surface area contributed by atoms with Gasteiger partial charge in [0.2, 0.25) is 0 Å². The number of nitrogen functional groups attached to an aromatic ring is 1. The maximum Gasteiger partial charge on any atom is 0.142 e. The van der Waals surface area contributed by atoms with Gasteiger partial charge >= 0.3 is 0 Å². The van der Waals surface area contributed by atoms with Gasteiger partial charge in [-0.3, -0.25) is 0 Å². The molecule has 1 aliphatic rings. The molecule has 1 aromatic carbocycles. The van der Waals surface area contributed by atoms with Gasteiger partial charge in [0.1, 0.15) is 11.5 Å². The van der Waals surface area contributed by atoms with E-state index in [0.29, 0.717) is 11.8 Å². The maximum atomic E-state index is 5.98. The Balaban J connectivity index is 2.02. The summed E-state index contributed by atoms with van der Waals surface area (Å²) in [4.78, 5) is 0. The Hall–Kier alpha value is -1.38. The van der Waals surface area contributed by atoms with Crippen molar-refractivity contribution < 1.29 is 9.47 Å². The third-order valence-corrected chi connectivity index (χ3v) is 3.40. The van der Waals surface area contributed by atoms with Crippen molar-refractivity contribution in [2.24, 2.45) is 5.92 Å². The second-order valence-electron chi connectivity index (χ2n) is 4.92. The molecule has 2 N–H and O–H groups in total. The topological polar surface area (TPSA) is 44.5 Å². The molecule has 1 aliphatic carbocycles. The van der Waals surface area contributed by atoms with Crippen LogP contribution in [0.25, 0.3) is 0 Å². The van der Waals surface area contributed by atoms with E-state index in [1.54, 1.807) is 7.11 Å². The molecule has 0 aliphatic heterocycles. The summed E-state index contributed by atoms with van der Waals surface area (Å²) in [6, 6.07) is 5.59. The number of methoxy groups -OCH3 is 1. The highest BCUT2D eigenvalue weighted by atomic mass is 16.5. The van der Waals surface area contributed by atoms with E-state index in [1.165, 1.54) is 12.8 Å². The van der Waals surface area contributed by atoms with E-state index in [9.17, 15) is 0 Å². The SMILES string of the molecule is COc1ccc(OC2CCCC(C)C2)c(N)c1. The molecule has 0 spiro atoms. The van der Waals surface area contributed by atoms with Gasteiger partial charge in [0.25, 0.3) is 0 Å². The van der Waals surface area contributed by atoms with Gasteiger partial charge in [-0.25, -0.2) is 0 Å². The molecule has 0 bridgehead atoms. The predicted molar refractivity (Wildman–Crippen MR) is 69.5 cm³/mol. The van der Waals surface area contributed by atoms with Crippen molar-refractivity contribution in [3.05, 3.63) is 18.2 Å². The summed E-state index contributed by atoms with van der Waals surface area (Å²) in [6.07, 6.45) is 5.15. The zero-order valence-electron chi connectivity index (χ0n) is 10.6. The number of hydrogen-bond acceptors (Lipinski definition) is 3. The predicted octanol–water partition coefficient (Wildman–Crippen LogP) is 3.23. The van der Waals surface area contributed by atoms with E-state index in [-0.39, 0.29) is 0 Å². The molecule has 3 nitrogen and oxygen atoms in total. The molecular formula is C14H21NO2. The van der Waals surface area contributed by atoms with Crippen LogP contribution in [0.1, 0.15) is 32.6 Å². The lowest BCUT2D eigenvalue weighted by atomic mass is 9.89. The Labute approximate surface area is 103 Å². The molecule has 0 saturated heterocycles. The van der Waals surface area contributed by atoms with E-state index in [2.05, 4.69) is 6.92 Å². The number of nitrogens with two attached hydrogens (primary N) is 1. The van der Waals surface area contributed by atoms with Gasteiger partial charge in [0.15, 0.2) is 0 Å². The maximum absolute atomic E-state index is 5.98. The van der Waals surface area contributed by atoms with Crippen molar-refractivity contribution >= 4 is 5.69 Å². The van der Waals surface area contributed by atoms with Gasteiger partial charge < -0.3 is 15.2 Å². The molecule has 1 saturated carbocycles. The van der Waals surface area contributed by atoms with Crippen molar-refractivity contribution in [1.82, 2.24) is 0 Å². The number of hydrogen-bond donors (Lipinski definition) is 1. The van der Waals surface area contributed by atoms with Crippen LogP contribution in [0, 0.1) is 5.92 Å². The van der Waals surface area contributed by atoms with Crippen LogP contribution in [0.4, 0.5) is 5.69 Å². The Morgan fingerprint density at radius 2 is 2.12 bits per heavy atom. The molecule has 0 aromatic heterocycles. The summed E-state index contributed by atoms with van der Waals surface area (Å²) in [5, 5.41) is 0. The standard InChI is InChI=1S/C14H21NO2/c1-10-4-3-5-12(8-10)17-14-7-6-11(16-2)9-13(14)15/h6-7,9-10,12H,3-5,8,15H2,1-2H3. The van der Waals surface area contributed by atoms with Crippen LogP contribution in [0.15, 0.2) is 18.2 Å². The van der Waals surface area contributed by atoms with E-state index >= 15 is 0 Å². The van der Waals surface area contributed by atoms with Gasteiger partial charge in [-0.1, -0.05) is 13.3 Å². The lowest BCUT2D eigenvalue weighted by Gasteiger charge is -2.27. The highest BCUT2D eigenvalue weighted by molar-refractivity contribution is 5.56. The van der Waals surface area contributed by atoms with Crippen LogP contribution in [0.5, 0.6) is 11.5 Å². The molecule has 0 heterocycles. The first-order chi connectivity index (χ1) is 8.19. The highest BCUT2D eigenvalue weighted by Gasteiger charge is 2.20. The second-order valence-corrected chi connectivity index (χ2v) is 4.92. The molecule has 2 rings (SSSR count). The summed E-state index contributed by atoms with van der Waals surface area (Å²) < 4.78 is 11.1. The van der Waals surface area contributed by atoms with Crippen molar-refractivity contribution in [1.29, 1.82) is 0 Å². The second kappa shape index (κ2) is 5.30. The van der Waals surface area contributed by atoms with Crippen LogP contribution in [-0.2, 0) is 0 Å². The summed E-state index contributed by atoms with van der Waals surface area (Å²) in [5.41, 5.74) is 6.60. The van der Waals surface area contributed by atoms with E-state index in [0.717, 1.165) is 30.3 Å². The Morgan fingerprint density at radius 3 is 2.76 bits per heavy atom. The van der Waals surface area contributed by atoms with E-state index in [1.807, 2.05) is 18.2 Å². The average molecular weight is 235 g/mol. The summed E-state index contributed by atoms with van der Waals surface area (Å²) >= 11 is 0. The number of benzene rings is 1. The van der Waals surface area contributed by atoms with Crippen LogP contribution >= 0.6 is 0 Å². The molecular weight excluding hydrogens is 214 g/mol. The minimum Gasteiger partial charge on any atom is -0.497 e. The van der Waals surface area contributed by atoms with Crippen molar-refractivity contribution in [3.63, 3.8) is 0 Å². The number of ether oxygens (including phenoxy) is 2. The molecule has 2 unspecified atom stereocenters. The monoisotopic (exact) mass is 235 g/mol. The highest BCUT2D eigenvalue weighted by Crippen LogP contribution is 2.31. The first-order valence-corrected chi connectivity index (χ1v) is 6.29. The molecule has 3 heteroatoms. The Morgan fingerprint density at radius 1 is 1.29 bits per heavy atom. The van der Waals surface area contributed by atoms with E-state index < -0.39 is 0 Å². The van der Waals surface area contributed by atoms with Crippen molar-refractivity contribution in [3.8, 4) is 11.5 Å². The molecule has 0 amide bonds. The summed E-state index contributed by atoms with van der Waals surface area (Å²) in [6.45, 7) is 2.28.